The van der Waals surface area contributed by atoms with E-state index in [1.807, 2.05) is 16.9 Å². The first kappa shape index (κ1) is 15.2. The van der Waals surface area contributed by atoms with Crippen molar-refractivity contribution in [2.24, 2.45) is 5.92 Å². The molecule has 1 aromatic carbocycles. The maximum atomic E-state index is 10.1. The number of nitrogens with zero attached hydrogens (tertiary/aromatic N) is 3. The van der Waals surface area contributed by atoms with Crippen LogP contribution in [0.5, 0.6) is 0 Å². The number of hydrogen-bond donors (Lipinski definition) is 2. The van der Waals surface area contributed by atoms with E-state index < -0.39 is 6.10 Å². The molecule has 1 saturated heterocycles. The number of piperidine rings is 1. The highest BCUT2D eigenvalue weighted by Gasteiger charge is 2.27. The van der Waals surface area contributed by atoms with Crippen LogP contribution in [0.2, 0.25) is 0 Å². The molecule has 0 aliphatic carbocycles. The second-order valence-corrected chi connectivity index (χ2v) is 6.01. The summed E-state index contributed by atoms with van der Waals surface area (Å²) in [4.78, 5) is 2.26. The van der Waals surface area contributed by atoms with Gasteiger partial charge in [0.1, 0.15) is 0 Å². The number of aliphatic hydroxyl groups is 2. The van der Waals surface area contributed by atoms with Crippen molar-refractivity contribution in [1.82, 2.24) is 14.7 Å². The average Bonchev–Trinajstić information content (AvgIpc) is 3.02. The van der Waals surface area contributed by atoms with Gasteiger partial charge in [-0.15, -0.1) is 0 Å². The molecule has 1 aliphatic heterocycles. The Kier molecular flexibility index (Phi) is 4.87. The van der Waals surface area contributed by atoms with Gasteiger partial charge in [0.25, 0.3) is 0 Å². The zero-order valence-corrected chi connectivity index (χ0v) is 12.7. The molecule has 2 aromatic rings. The van der Waals surface area contributed by atoms with Gasteiger partial charge in [-0.3, -0.25) is 9.58 Å². The van der Waals surface area contributed by atoms with Crippen molar-refractivity contribution in [3.8, 4) is 0 Å². The largest absolute Gasteiger partial charge is 0.396 e. The SMILES string of the molecule is OC[C@@H]1CCN(Cc2ccccc2Cn2cccn2)C[C@H]1O. The van der Waals surface area contributed by atoms with Crippen LogP contribution in [-0.4, -0.2) is 50.7 Å². The minimum absolute atomic E-state index is 0.0237. The molecule has 2 heterocycles. The van der Waals surface area contributed by atoms with E-state index in [9.17, 15) is 10.2 Å². The molecule has 0 amide bonds. The second kappa shape index (κ2) is 7.05. The Morgan fingerprint density at radius 1 is 1.14 bits per heavy atom. The molecule has 5 heteroatoms. The number of likely N-dealkylation sites (tertiary alicyclic amines) is 1. The molecule has 1 aromatic heterocycles. The number of rotatable bonds is 5. The van der Waals surface area contributed by atoms with Crippen LogP contribution < -0.4 is 0 Å². The van der Waals surface area contributed by atoms with Crippen molar-refractivity contribution in [3.63, 3.8) is 0 Å². The number of aromatic nitrogens is 2. The van der Waals surface area contributed by atoms with Gasteiger partial charge in [-0.2, -0.15) is 5.10 Å². The van der Waals surface area contributed by atoms with Gasteiger partial charge in [-0.1, -0.05) is 24.3 Å². The Labute approximate surface area is 130 Å². The second-order valence-electron chi connectivity index (χ2n) is 6.01. The van der Waals surface area contributed by atoms with E-state index in [2.05, 4.69) is 34.3 Å². The molecule has 1 aliphatic rings. The molecule has 0 bridgehead atoms. The molecule has 3 rings (SSSR count). The fourth-order valence-corrected chi connectivity index (χ4v) is 3.08. The normalized spacial score (nSPS) is 22.8. The van der Waals surface area contributed by atoms with E-state index in [1.165, 1.54) is 11.1 Å². The number of hydrogen-bond acceptors (Lipinski definition) is 4. The highest BCUT2D eigenvalue weighted by molar-refractivity contribution is 5.27. The lowest BCUT2D eigenvalue weighted by Gasteiger charge is -2.35. The summed E-state index contributed by atoms with van der Waals surface area (Å²) in [5, 5.41) is 23.6. The molecule has 1 fully saturated rings. The molecule has 0 saturated carbocycles. The molecule has 0 spiro atoms. The summed E-state index contributed by atoms with van der Waals surface area (Å²) in [6, 6.07) is 10.3. The van der Waals surface area contributed by atoms with Crippen molar-refractivity contribution >= 4 is 0 Å². The smallest absolute Gasteiger partial charge is 0.0717 e. The molecule has 118 valence electrons. The summed E-state index contributed by atoms with van der Waals surface area (Å²) < 4.78 is 1.92. The van der Waals surface area contributed by atoms with Crippen LogP contribution in [0.4, 0.5) is 0 Å². The van der Waals surface area contributed by atoms with Gasteiger partial charge >= 0.3 is 0 Å². The Balaban J connectivity index is 1.68. The lowest BCUT2D eigenvalue weighted by atomic mass is 9.94. The summed E-state index contributed by atoms with van der Waals surface area (Å²) in [6.07, 6.45) is 4.17. The molecular weight excluding hydrogens is 278 g/mol. The third-order valence-electron chi connectivity index (χ3n) is 4.44. The third kappa shape index (κ3) is 3.55. The Morgan fingerprint density at radius 3 is 2.55 bits per heavy atom. The fourth-order valence-electron chi connectivity index (χ4n) is 3.08. The van der Waals surface area contributed by atoms with E-state index in [4.69, 9.17) is 0 Å². The van der Waals surface area contributed by atoms with E-state index in [0.29, 0.717) is 6.54 Å². The van der Waals surface area contributed by atoms with Gasteiger partial charge in [-0.05, 0) is 30.2 Å². The predicted octanol–water partition coefficient (Wildman–Crippen LogP) is 1.11. The maximum absolute atomic E-state index is 10.1. The highest BCUT2D eigenvalue weighted by Crippen LogP contribution is 2.20. The quantitative estimate of drug-likeness (QED) is 0.868. The minimum Gasteiger partial charge on any atom is -0.396 e. The van der Waals surface area contributed by atoms with Gasteiger partial charge in [-0.25, -0.2) is 0 Å². The van der Waals surface area contributed by atoms with Gasteiger partial charge in [0.15, 0.2) is 0 Å². The van der Waals surface area contributed by atoms with E-state index in [-0.39, 0.29) is 12.5 Å². The van der Waals surface area contributed by atoms with Crippen LogP contribution in [0.15, 0.2) is 42.7 Å². The number of β-amino-alcohol motifs (C(OH)–C–C–N with tert-alkyl or cyclic N) is 1. The van der Waals surface area contributed by atoms with Crippen LogP contribution in [-0.2, 0) is 13.1 Å². The van der Waals surface area contributed by atoms with Crippen LogP contribution in [0, 0.1) is 5.92 Å². The van der Waals surface area contributed by atoms with Gasteiger partial charge in [0.2, 0.25) is 0 Å². The van der Waals surface area contributed by atoms with Crippen LogP contribution in [0.3, 0.4) is 0 Å². The molecular formula is C17H23N3O2. The number of aliphatic hydroxyl groups excluding tert-OH is 2. The van der Waals surface area contributed by atoms with Gasteiger partial charge in [0, 0.05) is 38.0 Å². The Hall–Kier alpha value is -1.69. The molecule has 0 unspecified atom stereocenters. The lowest BCUT2D eigenvalue weighted by Crippen LogP contribution is -2.44. The van der Waals surface area contributed by atoms with Crippen molar-refractivity contribution < 1.29 is 10.2 Å². The van der Waals surface area contributed by atoms with Crippen molar-refractivity contribution in [2.75, 3.05) is 19.7 Å². The summed E-state index contributed by atoms with van der Waals surface area (Å²) in [5.41, 5.74) is 2.53. The first-order valence-corrected chi connectivity index (χ1v) is 7.81. The summed E-state index contributed by atoms with van der Waals surface area (Å²) in [7, 11) is 0. The summed E-state index contributed by atoms with van der Waals surface area (Å²) in [6.45, 7) is 3.20. The van der Waals surface area contributed by atoms with E-state index in [1.54, 1.807) is 6.20 Å². The predicted molar refractivity (Wildman–Crippen MR) is 84.2 cm³/mol. The molecule has 2 N–H and O–H groups in total. The standard InChI is InChI=1S/C17H23N3O2/c21-13-16-6-9-19(12-17(16)22)10-14-4-1-2-5-15(14)11-20-8-3-7-18-20/h1-5,7-8,16-17,21-22H,6,9-13H2/t16-,17+/m0/s1. The average molecular weight is 301 g/mol. The lowest BCUT2D eigenvalue weighted by molar-refractivity contribution is -0.00452. The molecule has 5 nitrogen and oxygen atoms in total. The van der Waals surface area contributed by atoms with Crippen molar-refractivity contribution in [1.29, 1.82) is 0 Å². The van der Waals surface area contributed by atoms with E-state index >= 15 is 0 Å². The van der Waals surface area contributed by atoms with Crippen LogP contribution in [0.25, 0.3) is 0 Å². The van der Waals surface area contributed by atoms with Crippen LogP contribution in [0.1, 0.15) is 17.5 Å². The third-order valence-corrected chi connectivity index (χ3v) is 4.44. The number of benzene rings is 1. The summed E-state index contributed by atoms with van der Waals surface area (Å²) in [5.74, 6) is 0.0237. The minimum atomic E-state index is -0.433. The zero-order chi connectivity index (χ0) is 15.4. The Morgan fingerprint density at radius 2 is 1.91 bits per heavy atom. The highest BCUT2D eigenvalue weighted by atomic mass is 16.3. The fraction of sp³-hybridized carbons (Fsp3) is 0.471. The van der Waals surface area contributed by atoms with Crippen molar-refractivity contribution in [3.05, 3.63) is 53.9 Å². The van der Waals surface area contributed by atoms with Crippen molar-refractivity contribution in [2.45, 2.75) is 25.6 Å². The zero-order valence-electron chi connectivity index (χ0n) is 12.7. The Bertz CT molecular complexity index is 585. The monoisotopic (exact) mass is 301 g/mol. The van der Waals surface area contributed by atoms with Gasteiger partial charge < -0.3 is 10.2 Å². The van der Waals surface area contributed by atoms with E-state index in [0.717, 1.165) is 26.1 Å². The molecule has 22 heavy (non-hydrogen) atoms. The molecule has 0 radical (unpaired) electrons. The van der Waals surface area contributed by atoms with Gasteiger partial charge in [0.05, 0.1) is 12.6 Å². The first-order valence-electron chi connectivity index (χ1n) is 7.81. The maximum Gasteiger partial charge on any atom is 0.0717 e. The molecule has 2 atom stereocenters. The topological polar surface area (TPSA) is 61.5 Å². The van der Waals surface area contributed by atoms with Crippen LogP contribution >= 0.6 is 0 Å². The summed E-state index contributed by atoms with van der Waals surface area (Å²) >= 11 is 0. The first-order chi connectivity index (χ1) is 10.8.